The summed E-state index contributed by atoms with van der Waals surface area (Å²) >= 11 is 6.30. The van der Waals surface area contributed by atoms with Gasteiger partial charge in [0.1, 0.15) is 0 Å². The molecule has 0 amide bonds. The van der Waals surface area contributed by atoms with E-state index in [0.717, 1.165) is 0 Å². The van der Waals surface area contributed by atoms with Gasteiger partial charge in [-0.3, -0.25) is 0 Å². The van der Waals surface area contributed by atoms with Crippen LogP contribution in [0.1, 0.15) is 0 Å². The van der Waals surface area contributed by atoms with Crippen molar-refractivity contribution in [3.05, 3.63) is 0 Å². The maximum absolute atomic E-state index is 2.10. The van der Waals surface area contributed by atoms with E-state index in [4.69, 9.17) is 0 Å². The Morgan fingerprint density at radius 1 is 0.615 bits per heavy atom. The van der Waals surface area contributed by atoms with E-state index >= 15 is 0 Å². The van der Waals surface area contributed by atoms with Crippen LogP contribution in [-0.2, 0) is 22.5 Å². The van der Waals surface area contributed by atoms with Crippen LogP contribution in [0.25, 0.3) is 0 Å². The fourth-order valence-electron chi connectivity index (χ4n) is 0.660. The van der Waals surface area contributed by atoms with Crippen LogP contribution < -0.4 is 17.0 Å². The minimum Gasteiger partial charge on any atom is -2.00 e. The van der Waals surface area contributed by atoms with Crippen molar-refractivity contribution in [2.75, 3.05) is 34.5 Å². The van der Waals surface area contributed by atoms with Gasteiger partial charge in [0.05, 0.1) is 0 Å². The molecule has 0 saturated carbocycles. The van der Waals surface area contributed by atoms with Gasteiger partial charge in [-0.1, -0.05) is 0 Å². The molecular weight excluding hydrogens is 336 g/mol. The number of rotatable bonds is 0. The SMILES string of the molecule is C1CSCCSCCS1.[Br-].[Fe+3].[O-2].[OH-]. The average molecular weight is 349 g/mol. The Bertz CT molecular complexity index is 54.4. The second-order valence-corrected chi connectivity index (χ2v) is 5.51. The summed E-state index contributed by atoms with van der Waals surface area (Å²) in [7, 11) is 0. The average Bonchev–Trinajstić information content (AvgIpc) is 2.00. The Labute approximate surface area is 114 Å². The molecule has 0 spiro atoms. The summed E-state index contributed by atoms with van der Waals surface area (Å²) in [4.78, 5) is 0. The molecule has 1 saturated heterocycles. The topological polar surface area (TPSA) is 58.5 Å². The molecule has 0 atom stereocenters. The molecule has 0 aromatic carbocycles. The number of hydrogen-bond donors (Lipinski definition) is 0. The van der Waals surface area contributed by atoms with Crippen LogP contribution in [0.3, 0.4) is 0 Å². The van der Waals surface area contributed by atoms with Crippen molar-refractivity contribution < 1.29 is 45.0 Å². The molecule has 0 unspecified atom stereocenters. The quantitative estimate of drug-likeness (QED) is 0.522. The second-order valence-electron chi connectivity index (χ2n) is 1.84. The Morgan fingerprint density at radius 3 is 0.923 bits per heavy atom. The predicted octanol–water partition coefficient (Wildman–Crippen LogP) is -1.09. The zero-order chi connectivity index (χ0) is 6.36. The van der Waals surface area contributed by atoms with Gasteiger partial charge < -0.3 is 27.9 Å². The normalized spacial score (nSPS) is 16.6. The number of thioether (sulfide) groups is 3. The minimum atomic E-state index is 0. The van der Waals surface area contributed by atoms with Crippen molar-refractivity contribution in [2.45, 2.75) is 0 Å². The molecule has 1 fully saturated rings. The predicted molar refractivity (Wildman–Crippen MR) is 54.6 cm³/mol. The molecule has 0 aromatic rings. The summed E-state index contributed by atoms with van der Waals surface area (Å²) in [6, 6.07) is 0. The van der Waals surface area contributed by atoms with Crippen molar-refractivity contribution >= 4 is 35.3 Å². The van der Waals surface area contributed by atoms with Crippen LogP contribution in [-0.4, -0.2) is 40.0 Å². The van der Waals surface area contributed by atoms with Gasteiger partial charge in [-0.2, -0.15) is 35.3 Å². The summed E-state index contributed by atoms with van der Waals surface area (Å²) in [6.07, 6.45) is 0. The fraction of sp³-hybridized carbons (Fsp3) is 1.00. The molecule has 7 heteroatoms. The maximum atomic E-state index is 2.10. The van der Waals surface area contributed by atoms with E-state index in [1.165, 1.54) is 34.5 Å². The minimum absolute atomic E-state index is 0. The van der Waals surface area contributed by atoms with Gasteiger partial charge in [0.15, 0.2) is 0 Å². The monoisotopic (exact) mass is 348 g/mol. The van der Waals surface area contributed by atoms with Gasteiger partial charge in [0, 0.05) is 34.5 Å². The van der Waals surface area contributed by atoms with E-state index in [0.29, 0.717) is 0 Å². The summed E-state index contributed by atoms with van der Waals surface area (Å²) in [5, 5.41) is 0. The molecule has 1 aliphatic heterocycles. The smallest absolute Gasteiger partial charge is 2.00 e. The van der Waals surface area contributed by atoms with E-state index in [2.05, 4.69) is 35.3 Å². The van der Waals surface area contributed by atoms with E-state index in [-0.39, 0.29) is 45.0 Å². The van der Waals surface area contributed by atoms with Crippen molar-refractivity contribution in [1.29, 1.82) is 0 Å². The molecule has 1 rings (SSSR count). The number of halogens is 1. The van der Waals surface area contributed by atoms with E-state index in [1.54, 1.807) is 0 Å². The molecule has 1 aliphatic rings. The van der Waals surface area contributed by atoms with Crippen LogP contribution >= 0.6 is 35.3 Å². The zero-order valence-electron chi connectivity index (χ0n) is 7.05. The zero-order valence-corrected chi connectivity index (χ0v) is 12.2. The van der Waals surface area contributed by atoms with E-state index < -0.39 is 0 Å². The molecule has 0 aliphatic carbocycles. The third-order valence-electron chi connectivity index (χ3n) is 1.12. The summed E-state index contributed by atoms with van der Waals surface area (Å²) in [6.45, 7) is 0. The van der Waals surface area contributed by atoms with Gasteiger partial charge in [-0.25, -0.2) is 0 Å². The molecule has 0 aromatic heterocycles. The largest absolute Gasteiger partial charge is 3.00 e. The van der Waals surface area contributed by atoms with Gasteiger partial charge >= 0.3 is 17.1 Å². The molecule has 0 bridgehead atoms. The van der Waals surface area contributed by atoms with Crippen molar-refractivity contribution in [3.8, 4) is 0 Å². The first kappa shape index (κ1) is 24.3. The summed E-state index contributed by atoms with van der Waals surface area (Å²) in [5.41, 5.74) is 0. The molecule has 1 radical (unpaired) electrons. The third-order valence-corrected chi connectivity index (χ3v) is 4.85. The van der Waals surface area contributed by atoms with Crippen LogP contribution in [0, 0.1) is 0 Å². The van der Waals surface area contributed by atoms with Crippen LogP contribution in [0.2, 0.25) is 0 Å². The van der Waals surface area contributed by atoms with Gasteiger partial charge in [-0.05, 0) is 0 Å². The molecule has 13 heavy (non-hydrogen) atoms. The van der Waals surface area contributed by atoms with Crippen LogP contribution in [0.4, 0.5) is 0 Å². The second kappa shape index (κ2) is 19.5. The Kier molecular flexibility index (Phi) is 36.5. The molecular formula is C6H13BrFeO2S3-. The van der Waals surface area contributed by atoms with Crippen LogP contribution in [0.5, 0.6) is 0 Å². The Balaban J connectivity index is -0.000000101. The Morgan fingerprint density at radius 2 is 0.769 bits per heavy atom. The third kappa shape index (κ3) is 16.6. The van der Waals surface area contributed by atoms with Crippen molar-refractivity contribution in [2.24, 2.45) is 0 Å². The first-order valence-corrected chi connectivity index (χ1v) is 6.70. The summed E-state index contributed by atoms with van der Waals surface area (Å²) in [5.74, 6) is 8.20. The van der Waals surface area contributed by atoms with Gasteiger partial charge in [0.25, 0.3) is 0 Å². The van der Waals surface area contributed by atoms with Gasteiger partial charge in [-0.15, -0.1) is 0 Å². The first-order valence-electron chi connectivity index (χ1n) is 3.23. The van der Waals surface area contributed by atoms with Crippen molar-refractivity contribution in [1.82, 2.24) is 0 Å². The first-order chi connectivity index (χ1) is 4.50. The van der Waals surface area contributed by atoms with E-state index in [9.17, 15) is 0 Å². The van der Waals surface area contributed by atoms with Crippen molar-refractivity contribution in [3.63, 3.8) is 0 Å². The molecule has 1 N–H and O–H groups in total. The van der Waals surface area contributed by atoms with Gasteiger partial charge in [0.2, 0.25) is 0 Å². The molecule has 2 nitrogen and oxygen atoms in total. The number of hydrogen-bond acceptors (Lipinski definition) is 4. The summed E-state index contributed by atoms with van der Waals surface area (Å²) < 4.78 is 0. The standard InChI is InChI=1S/C6H12S3.BrH.Fe.H2O.O/c1-2-8-5-6-9-4-3-7-1;;;;/h1-6H2;1H;;1H2;/q;;+3;;-2/p-2. The maximum Gasteiger partial charge on any atom is 3.00 e. The molecule has 1 heterocycles. The fourth-order valence-corrected chi connectivity index (χ4v) is 4.10. The van der Waals surface area contributed by atoms with Crippen LogP contribution in [0.15, 0.2) is 0 Å². The molecule has 83 valence electrons. The van der Waals surface area contributed by atoms with E-state index in [1.807, 2.05) is 0 Å². The Hall–Kier alpha value is 1.97.